The van der Waals surface area contributed by atoms with E-state index in [9.17, 15) is 14.9 Å². The van der Waals surface area contributed by atoms with Gasteiger partial charge in [0.05, 0.1) is 30.6 Å². The number of nitrogens with two attached hydrogens (primary N) is 1. The highest BCUT2D eigenvalue weighted by Gasteiger charge is 2.61. The number of allylic oxidation sites excluding steroid dienone is 1. The van der Waals surface area contributed by atoms with Crippen LogP contribution < -0.4 is 5.73 Å². The molecule has 0 aromatic carbocycles. The van der Waals surface area contributed by atoms with Gasteiger partial charge in [-0.05, 0) is 61.7 Å². The van der Waals surface area contributed by atoms with Gasteiger partial charge in [0.2, 0.25) is 5.41 Å². The Kier molecular flexibility index (Phi) is 6.40. The number of ether oxygens (including phenoxy) is 2. The maximum absolute atomic E-state index is 13.4. The van der Waals surface area contributed by atoms with Gasteiger partial charge in [-0.25, -0.2) is 9.59 Å². The summed E-state index contributed by atoms with van der Waals surface area (Å²) in [5.41, 5.74) is 4.70. The lowest BCUT2D eigenvalue weighted by molar-refractivity contribution is -0.152. The summed E-state index contributed by atoms with van der Waals surface area (Å²) >= 11 is 0. The van der Waals surface area contributed by atoms with Crippen LogP contribution in [0.15, 0.2) is 66.4 Å². The van der Waals surface area contributed by atoms with Crippen molar-refractivity contribution in [1.82, 2.24) is 9.97 Å². The molecular formula is C24H24N4O4. The number of esters is 2. The number of rotatable bonds is 6. The van der Waals surface area contributed by atoms with E-state index in [1.54, 1.807) is 75.9 Å². The normalized spacial score (nSPS) is 22.5. The lowest BCUT2D eigenvalue weighted by Gasteiger charge is -2.44. The fourth-order valence-corrected chi connectivity index (χ4v) is 4.05. The molecule has 32 heavy (non-hydrogen) atoms. The van der Waals surface area contributed by atoms with Crippen LogP contribution in [0.1, 0.15) is 31.9 Å². The quantitative estimate of drug-likeness (QED) is 0.690. The molecule has 0 saturated heterocycles. The van der Waals surface area contributed by atoms with Crippen molar-refractivity contribution < 1.29 is 19.1 Å². The molecule has 0 aliphatic heterocycles. The minimum atomic E-state index is -2.01. The zero-order valence-electron chi connectivity index (χ0n) is 18.2. The minimum Gasteiger partial charge on any atom is -0.464 e. The third kappa shape index (κ3) is 3.42. The molecule has 8 nitrogen and oxygen atoms in total. The van der Waals surface area contributed by atoms with Crippen molar-refractivity contribution >= 4 is 17.5 Å². The molecule has 0 spiro atoms. The minimum absolute atomic E-state index is 0.0393. The molecule has 0 saturated carbocycles. The standard InChI is InChI=1S/C24H24N4O4/c1-4-31-21(29)19-18(16-6-10-27-11-7-16)14-23(3,17-8-12-28-13-9-17)24(15-25,20(19)26)22(30)32-5-2/h6-14H,4-5,26H2,1-3H3. The number of carbonyl (C=O) groups is 2. The Balaban J connectivity index is 2.44. The predicted molar refractivity (Wildman–Crippen MR) is 116 cm³/mol. The molecule has 2 N–H and O–H groups in total. The Labute approximate surface area is 186 Å². The smallest absolute Gasteiger partial charge is 0.340 e. The Hall–Kier alpha value is -3.99. The topological polar surface area (TPSA) is 128 Å². The molecule has 3 rings (SSSR count). The molecule has 2 atom stereocenters. The second-order valence-electron chi connectivity index (χ2n) is 7.32. The van der Waals surface area contributed by atoms with Gasteiger partial charge in [0.25, 0.3) is 0 Å². The van der Waals surface area contributed by atoms with Crippen molar-refractivity contribution in [1.29, 1.82) is 5.26 Å². The van der Waals surface area contributed by atoms with Crippen molar-refractivity contribution in [3.63, 3.8) is 0 Å². The summed E-state index contributed by atoms with van der Waals surface area (Å²) in [5.74, 6) is -1.57. The maximum Gasteiger partial charge on any atom is 0.340 e. The van der Waals surface area contributed by atoms with Crippen molar-refractivity contribution in [2.24, 2.45) is 11.1 Å². The molecule has 0 bridgehead atoms. The van der Waals surface area contributed by atoms with Crippen molar-refractivity contribution in [3.05, 3.63) is 77.5 Å². The molecule has 164 valence electrons. The number of nitrogens with zero attached hydrogens (tertiary/aromatic N) is 3. The number of aromatic nitrogens is 2. The zero-order chi connectivity index (χ0) is 23.4. The monoisotopic (exact) mass is 432 g/mol. The fraction of sp³-hybridized carbons (Fsp3) is 0.292. The molecule has 1 aliphatic carbocycles. The van der Waals surface area contributed by atoms with E-state index in [0.29, 0.717) is 16.7 Å². The first-order chi connectivity index (χ1) is 15.4. The van der Waals surface area contributed by atoms with Gasteiger partial charge in [-0.1, -0.05) is 6.08 Å². The van der Waals surface area contributed by atoms with Gasteiger partial charge in [-0.3, -0.25) is 9.97 Å². The van der Waals surface area contributed by atoms with Gasteiger partial charge in [0.15, 0.2) is 0 Å². The van der Waals surface area contributed by atoms with Crippen LogP contribution in [0.25, 0.3) is 5.57 Å². The second-order valence-corrected chi connectivity index (χ2v) is 7.32. The fourth-order valence-electron chi connectivity index (χ4n) is 4.05. The lowest BCUT2D eigenvalue weighted by atomic mass is 9.55. The SMILES string of the molecule is CCOC(=O)C1=C(N)C(C#N)(C(=O)OCC)C(C)(c2ccncc2)C=C1c1ccncc1. The average Bonchev–Trinajstić information content (AvgIpc) is 2.80. The van der Waals surface area contributed by atoms with Gasteiger partial charge in [-0.2, -0.15) is 5.26 Å². The predicted octanol–water partition coefficient (Wildman–Crippen LogP) is 2.68. The first-order valence-corrected chi connectivity index (χ1v) is 10.2. The number of hydrogen-bond acceptors (Lipinski definition) is 8. The van der Waals surface area contributed by atoms with E-state index >= 15 is 0 Å². The van der Waals surface area contributed by atoms with Crippen LogP contribution in [0, 0.1) is 16.7 Å². The molecule has 8 heteroatoms. The van der Waals surface area contributed by atoms with Gasteiger partial charge < -0.3 is 15.2 Å². The largest absolute Gasteiger partial charge is 0.464 e. The molecule has 0 amide bonds. The summed E-state index contributed by atoms with van der Waals surface area (Å²) in [7, 11) is 0. The van der Waals surface area contributed by atoms with Crippen molar-refractivity contribution in [3.8, 4) is 6.07 Å². The van der Waals surface area contributed by atoms with E-state index in [-0.39, 0.29) is 24.5 Å². The second kappa shape index (κ2) is 9.02. The Bertz CT molecular complexity index is 1120. The van der Waals surface area contributed by atoms with Crippen LogP contribution in [0.3, 0.4) is 0 Å². The van der Waals surface area contributed by atoms with Gasteiger partial charge in [-0.15, -0.1) is 0 Å². The molecule has 0 fully saturated rings. The van der Waals surface area contributed by atoms with E-state index in [0.717, 1.165) is 0 Å². The Morgan fingerprint density at radius 3 is 2.12 bits per heavy atom. The third-order valence-electron chi connectivity index (χ3n) is 5.65. The van der Waals surface area contributed by atoms with E-state index in [1.807, 2.05) is 0 Å². The maximum atomic E-state index is 13.4. The first kappa shape index (κ1) is 22.7. The Morgan fingerprint density at radius 1 is 1.03 bits per heavy atom. The summed E-state index contributed by atoms with van der Waals surface area (Å²) in [6.07, 6.45) is 8.00. The first-order valence-electron chi connectivity index (χ1n) is 10.2. The van der Waals surface area contributed by atoms with E-state index in [1.165, 1.54) is 0 Å². The average molecular weight is 432 g/mol. The molecule has 2 heterocycles. The Morgan fingerprint density at radius 2 is 1.59 bits per heavy atom. The highest BCUT2D eigenvalue weighted by Crippen LogP contribution is 2.54. The van der Waals surface area contributed by atoms with E-state index in [4.69, 9.17) is 15.2 Å². The number of carbonyl (C=O) groups excluding carboxylic acids is 2. The van der Waals surface area contributed by atoms with Gasteiger partial charge >= 0.3 is 11.9 Å². The van der Waals surface area contributed by atoms with Gasteiger partial charge in [0.1, 0.15) is 0 Å². The van der Waals surface area contributed by atoms with Crippen LogP contribution in [0.5, 0.6) is 0 Å². The zero-order valence-corrected chi connectivity index (χ0v) is 18.2. The molecule has 0 radical (unpaired) electrons. The summed E-state index contributed by atoms with van der Waals surface area (Å²) in [5, 5.41) is 10.4. The number of hydrogen-bond donors (Lipinski definition) is 1. The summed E-state index contributed by atoms with van der Waals surface area (Å²) in [4.78, 5) is 34.5. The van der Waals surface area contributed by atoms with Crippen LogP contribution in [0.2, 0.25) is 0 Å². The number of nitriles is 1. The molecule has 2 aromatic heterocycles. The highest BCUT2D eigenvalue weighted by molar-refractivity contribution is 6.10. The third-order valence-corrected chi connectivity index (χ3v) is 5.65. The lowest BCUT2D eigenvalue weighted by Crippen LogP contribution is -2.54. The summed E-state index contributed by atoms with van der Waals surface area (Å²) in [6, 6.07) is 8.94. The van der Waals surface area contributed by atoms with E-state index in [2.05, 4.69) is 16.0 Å². The molecule has 2 aromatic rings. The molecule has 2 unspecified atom stereocenters. The molecule has 1 aliphatic rings. The molecular weight excluding hydrogens is 408 g/mol. The van der Waals surface area contributed by atoms with Crippen molar-refractivity contribution in [2.45, 2.75) is 26.2 Å². The van der Waals surface area contributed by atoms with E-state index < -0.39 is 22.8 Å². The van der Waals surface area contributed by atoms with Crippen LogP contribution in [0.4, 0.5) is 0 Å². The van der Waals surface area contributed by atoms with Crippen molar-refractivity contribution in [2.75, 3.05) is 13.2 Å². The van der Waals surface area contributed by atoms with Crippen LogP contribution in [-0.4, -0.2) is 35.1 Å². The highest BCUT2D eigenvalue weighted by atomic mass is 16.5. The number of pyridine rings is 2. The van der Waals surface area contributed by atoms with Crippen LogP contribution >= 0.6 is 0 Å². The van der Waals surface area contributed by atoms with Gasteiger partial charge in [0, 0.05) is 30.2 Å². The summed E-state index contributed by atoms with van der Waals surface area (Å²) in [6.45, 7) is 5.16. The van der Waals surface area contributed by atoms with Crippen LogP contribution in [-0.2, 0) is 24.5 Å². The summed E-state index contributed by atoms with van der Waals surface area (Å²) < 4.78 is 10.6.